The molecular formula is C32H35N3O2. The summed E-state index contributed by atoms with van der Waals surface area (Å²) in [6.45, 7) is 7.06. The van der Waals surface area contributed by atoms with Crippen molar-refractivity contribution in [1.82, 2.24) is 5.32 Å². The topological polar surface area (TPSA) is 61.4 Å². The maximum absolute atomic E-state index is 13.7. The maximum Gasteiger partial charge on any atom is 0.239 e. The highest BCUT2D eigenvalue weighted by molar-refractivity contribution is 6.01. The number of carbonyl (C=O) groups is 2. The standard InChI is InChI=1S/C32H35N3O2/c1-22-13-15-24(16-14-22)31-30-26(19-32(2,3)20-28(30)36)34-25-11-7-8-12-27(25)35(31)21-29(37)33-18-17-23-9-5-4-6-10-23/h4-16,31,34H,17-21H2,1-3H3,(H,33,37). The van der Waals surface area contributed by atoms with Gasteiger partial charge in [0.25, 0.3) is 0 Å². The van der Waals surface area contributed by atoms with E-state index < -0.39 is 0 Å². The zero-order valence-corrected chi connectivity index (χ0v) is 21.9. The van der Waals surface area contributed by atoms with Gasteiger partial charge in [-0.3, -0.25) is 9.59 Å². The van der Waals surface area contributed by atoms with Gasteiger partial charge in [0.1, 0.15) is 0 Å². The number of benzene rings is 3. The SMILES string of the molecule is Cc1ccc(C2C3=C(CC(C)(C)CC3=O)Nc3ccccc3N2CC(=O)NCCc2ccccc2)cc1. The molecule has 0 bridgehead atoms. The lowest BCUT2D eigenvalue weighted by molar-refractivity contribution is -0.120. The third kappa shape index (κ3) is 5.46. The van der Waals surface area contributed by atoms with Gasteiger partial charge < -0.3 is 15.5 Å². The van der Waals surface area contributed by atoms with E-state index in [1.807, 2.05) is 42.5 Å². The number of nitrogens with one attached hydrogen (secondary N) is 2. The summed E-state index contributed by atoms with van der Waals surface area (Å²) in [5.74, 6) is 0.0853. The van der Waals surface area contributed by atoms with E-state index in [4.69, 9.17) is 0 Å². The van der Waals surface area contributed by atoms with Crippen molar-refractivity contribution < 1.29 is 9.59 Å². The van der Waals surface area contributed by atoms with Gasteiger partial charge in [-0.15, -0.1) is 0 Å². The number of allylic oxidation sites excluding steroid dienone is 1. The number of nitrogens with zero attached hydrogens (tertiary/aromatic N) is 1. The minimum absolute atomic E-state index is 0.0597. The second-order valence-corrected chi connectivity index (χ2v) is 11.0. The Morgan fingerprint density at radius 1 is 0.973 bits per heavy atom. The number of carbonyl (C=O) groups excluding carboxylic acids is 2. The largest absolute Gasteiger partial charge is 0.357 e. The van der Waals surface area contributed by atoms with Crippen molar-refractivity contribution in [2.24, 2.45) is 5.41 Å². The number of fused-ring (bicyclic) bond motifs is 1. The van der Waals surface area contributed by atoms with Gasteiger partial charge >= 0.3 is 0 Å². The number of ketones is 1. The van der Waals surface area contributed by atoms with E-state index in [9.17, 15) is 9.59 Å². The number of hydrogen-bond acceptors (Lipinski definition) is 4. The first-order valence-electron chi connectivity index (χ1n) is 13.1. The maximum atomic E-state index is 13.7. The molecule has 37 heavy (non-hydrogen) atoms. The zero-order valence-electron chi connectivity index (χ0n) is 21.9. The smallest absolute Gasteiger partial charge is 0.239 e. The highest BCUT2D eigenvalue weighted by Gasteiger charge is 2.41. The highest BCUT2D eigenvalue weighted by Crippen LogP contribution is 2.48. The van der Waals surface area contributed by atoms with Crippen molar-refractivity contribution in [3.05, 3.63) is 107 Å². The molecular weight excluding hydrogens is 458 g/mol. The van der Waals surface area contributed by atoms with Gasteiger partial charge in [-0.1, -0.05) is 86.1 Å². The van der Waals surface area contributed by atoms with Crippen molar-refractivity contribution in [1.29, 1.82) is 0 Å². The van der Waals surface area contributed by atoms with Crippen LogP contribution in [0, 0.1) is 12.3 Å². The summed E-state index contributed by atoms with van der Waals surface area (Å²) in [5.41, 5.74) is 6.82. The summed E-state index contributed by atoms with van der Waals surface area (Å²) in [6, 6.07) is 26.2. The molecule has 0 saturated heterocycles. The van der Waals surface area contributed by atoms with E-state index in [0.29, 0.717) is 13.0 Å². The number of hydrogen-bond donors (Lipinski definition) is 2. The van der Waals surface area contributed by atoms with Crippen LogP contribution in [0.2, 0.25) is 0 Å². The van der Waals surface area contributed by atoms with Crippen molar-refractivity contribution in [3.8, 4) is 0 Å². The van der Waals surface area contributed by atoms with E-state index in [-0.39, 0.29) is 29.7 Å². The van der Waals surface area contributed by atoms with Crippen molar-refractivity contribution >= 4 is 23.1 Å². The summed E-state index contributed by atoms with van der Waals surface area (Å²) in [7, 11) is 0. The Kier molecular flexibility index (Phi) is 6.88. The lowest BCUT2D eigenvalue weighted by Crippen LogP contribution is -2.42. The van der Waals surface area contributed by atoms with Crippen molar-refractivity contribution in [2.45, 2.75) is 46.1 Å². The lowest BCUT2D eigenvalue weighted by atomic mass is 9.73. The normalized spacial score (nSPS) is 18.4. The molecule has 0 aromatic heterocycles. The monoisotopic (exact) mass is 493 g/mol. The van der Waals surface area contributed by atoms with E-state index in [1.165, 1.54) is 5.56 Å². The summed E-state index contributed by atoms with van der Waals surface area (Å²) < 4.78 is 0. The van der Waals surface area contributed by atoms with Crippen LogP contribution in [0.25, 0.3) is 0 Å². The average molecular weight is 494 g/mol. The van der Waals surface area contributed by atoms with Crippen molar-refractivity contribution in [2.75, 3.05) is 23.3 Å². The number of anilines is 2. The van der Waals surface area contributed by atoms with E-state index in [0.717, 1.165) is 46.6 Å². The molecule has 0 radical (unpaired) electrons. The van der Waals surface area contributed by atoms with Crippen molar-refractivity contribution in [3.63, 3.8) is 0 Å². The first-order chi connectivity index (χ1) is 17.8. The predicted octanol–water partition coefficient (Wildman–Crippen LogP) is 5.97. The average Bonchev–Trinajstić information content (AvgIpc) is 2.99. The van der Waals surface area contributed by atoms with Crippen LogP contribution < -0.4 is 15.5 Å². The molecule has 3 aromatic rings. The van der Waals surface area contributed by atoms with Crippen LogP contribution >= 0.6 is 0 Å². The van der Waals surface area contributed by atoms with Gasteiger partial charge in [0.2, 0.25) is 5.91 Å². The van der Waals surface area contributed by atoms with Crippen LogP contribution in [-0.4, -0.2) is 24.8 Å². The Labute approximate surface area is 219 Å². The molecule has 5 heteroatoms. The zero-order chi connectivity index (χ0) is 26.0. The fraction of sp³-hybridized carbons (Fsp3) is 0.312. The highest BCUT2D eigenvalue weighted by atomic mass is 16.2. The van der Waals surface area contributed by atoms with E-state index in [1.54, 1.807) is 0 Å². The quantitative estimate of drug-likeness (QED) is 0.444. The van der Waals surface area contributed by atoms with Crippen LogP contribution in [0.4, 0.5) is 11.4 Å². The van der Waals surface area contributed by atoms with Crippen LogP contribution in [-0.2, 0) is 16.0 Å². The fourth-order valence-corrected chi connectivity index (χ4v) is 5.52. The molecule has 190 valence electrons. The molecule has 1 aliphatic carbocycles. The van der Waals surface area contributed by atoms with Gasteiger partial charge in [-0.2, -0.15) is 0 Å². The third-order valence-corrected chi connectivity index (χ3v) is 7.29. The van der Waals surface area contributed by atoms with Crippen LogP contribution in [0.3, 0.4) is 0 Å². The second-order valence-electron chi connectivity index (χ2n) is 11.0. The Bertz CT molecular complexity index is 1330. The van der Waals surface area contributed by atoms with E-state index >= 15 is 0 Å². The van der Waals surface area contributed by atoms with Gasteiger partial charge in [0, 0.05) is 24.2 Å². The molecule has 1 heterocycles. The summed E-state index contributed by atoms with van der Waals surface area (Å²) in [4.78, 5) is 29.2. The number of Topliss-reactive ketones (excluding diaryl/α,β-unsaturated/α-hetero) is 1. The molecule has 5 nitrogen and oxygen atoms in total. The number of amides is 1. The Hall–Kier alpha value is -3.86. The molecule has 1 atom stereocenters. The summed E-state index contributed by atoms with van der Waals surface area (Å²) in [5, 5.41) is 6.72. The molecule has 2 aliphatic rings. The minimum Gasteiger partial charge on any atom is -0.357 e. The third-order valence-electron chi connectivity index (χ3n) is 7.29. The molecule has 0 spiro atoms. The van der Waals surface area contributed by atoms with Gasteiger partial charge in [-0.25, -0.2) is 0 Å². The lowest BCUT2D eigenvalue weighted by Gasteiger charge is -2.38. The second kappa shape index (κ2) is 10.3. The Balaban J connectivity index is 1.52. The minimum atomic E-state index is -0.352. The summed E-state index contributed by atoms with van der Waals surface area (Å²) in [6.07, 6.45) is 2.04. The number of para-hydroxylation sites is 2. The van der Waals surface area contributed by atoms with Crippen LogP contribution in [0.1, 0.15) is 49.4 Å². The fourth-order valence-electron chi connectivity index (χ4n) is 5.52. The number of rotatable bonds is 6. The van der Waals surface area contributed by atoms with E-state index in [2.05, 4.69) is 72.7 Å². The van der Waals surface area contributed by atoms with Crippen LogP contribution in [0.5, 0.6) is 0 Å². The molecule has 0 fully saturated rings. The molecule has 1 amide bonds. The predicted molar refractivity (Wildman–Crippen MR) is 150 cm³/mol. The Morgan fingerprint density at radius 3 is 2.43 bits per heavy atom. The molecule has 1 unspecified atom stereocenters. The van der Waals surface area contributed by atoms with Crippen LogP contribution in [0.15, 0.2) is 90.1 Å². The first kappa shape index (κ1) is 24.8. The molecule has 2 N–H and O–H groups in total. The molecule has 5 rings (SSSR count). The molecule has 3 aromatic carbocycles. The number of aryl methyl sites for hydroxylation is 1. The summed E-state index contributed by atoms with van der Waals surface area (Å²) >= 11 is 0. The Morgan fingerprint density at radius 2 is 1.68 bits per heavy atom. The molecule has 0 saturated carbocycles. The van der Waals surface area contributed by atoms with Gasteiger partial charge in [0.05, 0.1) is 24.0 Å². The molecule has 1 aliphatic heterocycles. The van der Waals surface area contributed by atoms with Gasteiger partial charge in [-0.05, 0) is 48.4 Å². The first-order valence-corrected chi connectivity index (χ1v) is 13.1. The van der Waals surface area contributed by atoms with Gasteiger partial charge in [0.15, 0.2) is 5.78 Å².